The number of amides is 2. The molecule has 0 aliphatic carbocycles. The third-order valence-corrected chi connectivity index (χ3v) is 3.22. The second-order valence-corrected chi connectivity index (χ2v) is 5.71. The van der Waals surface area contributed by atoms with E-state index in [4.69, 9.17) is 5.11 Å². The first-order valence-corrected chi connectivity index (χ1v) is 6.94. The van der Waals surface area contributed by atoms with Gasteiger partial charge in [0.15, 0.2) is 11.6 Å². The Hall–Kier alpha value is -1.70. The molecule has 5 nitrogen and oxygen atoms in total. The van der Waals surface area contributed by atoms with Crippen molar-refractivity contribution in [2.24, 2.45) is 5.92 Å². The highest BCUT2D eigenvalue weighted by Crippen LogP contribution is 2.23. The van der Waals surface area contributed by atoms with Crippen molar-refractivity contribution in [3.63, 3.8) is 0 Å². The number of aliphatic carboxylic acids is 1. The van der Waals surface area contributed by atoms with E-state index in [-0.39, 0.29) is 16.8 Å². The molecule has 8 heteroatoms. The molecule has 1 aromatic carbocycles. The Labute approximate surface area is 128 Å². The van der Waals surface area contributed by atoms with E-state index in [0.717, 1.165) is 12.1 Å². The highest BCUT2D eigenvalue weighted by atomic mass is 79.9. The Morgan fingerprint density at radius 1 is 1.29 bits per heavy atom. The summed E-state index contributed by atoms with van der Waals surface area (Å²) in [5.74, 6) is -3.09. The zero-order valence-corrected chi connectivity index (χ0v) is 13.0. The van der Waals surface area contributed by atoms with Gasteiger partial charge in [-0.15, -0.1) is 0 Å². The van der Waals surface area contributed by atoms with Crippen molar-refractivity contribution < 1.29 is 23.5 Å². The van der Waals surface area contributed by atoms with Crippen LogP contribution < -0.4 is 10.6 Å². The molecule has 0 aliphatic heterocycles. The van der Waals surface area contributed by atoms with Crippen molar-refractivity contribution in [3.8, 4) is 0 Å². The van der Waals surface area contributed by atoms with Gasteiger partial charge in [0.05, 0.1) is 6.42 Å². The molecule has 1 aromatic rings. The molecule has 0 spiro atoms. The minimum atomic E-state index is -1.07. The Morgan fingerprint density at radius 2 is 1.81 bits per heavy atom. The number of halogens is 3. The first-order chi connectivity index (χ1) is 9.70. The first kappa shape index (κ1) is 17.4. The second-order valence-electron chi connectivity index (χ2n) is 4.79. The maximum absolute atomic E-state index is 13.6. The fourth-order valence-electron chi connectivity index (χ4n) is 1.62. The SMILES string of the molecule is CC(C)C(CC(=O)O)NC(=O)Nc1c(F)cc(Br)cc1F. The Kier molecular flexibility index (Phi) is 6.07. The molecule has 1 atom stereocenters. The van der Waals surface area contributed by atoms with E-state index in [1.807, 2.05) is 0 Å². The average molecular weight is 365 g/mol. The predicted molar refractivity (Wildman–Crippen MR) is 77.1 cm³/mol. The molecule has 0 bridgehead atoms. The molecule has 0 radical (unpaired) electrons. The lowest BCUT2D eigenvalue weighted by Gasteiger charge is -2.21. The van der Waals surface area contributed by atoms with Crippen molar-refractivity contribution in [1.29, 1.82) is 0 Å². The van der Waals surface area contributed by atoms with Gasteiger partial charge in [-0.1, -0.05) is 29.8 Å². The quantitative estimate of drug-likeness (QED) is 0.749. The molecule has 3 N–H and O–H groups in total. The van der Waals surface area contributed by atoms with Crippen molar-refractivity contribution in [3.05, 3.63) is 28.2 Å². The van der Waals surface area contributed by atoms with Gasteiger partial charge in [0, 0.05) is 10.5 Å². The molecule has 0 heterocycles. The number of carboxylic acids is 1. The van der Waals surface area contributed by atoms with Crippen LogP contribution in [-0.4, -0.2) is 23.1 Å². The summed E-state index contributed by atoms with van der Waals surface area (Å²) in [5, 5.41) is 13.2. The molecule has 0 saturated carbocycles. The van der Waals surface area contributed by atoms with Gasteiger partial charge in [0.1, 0.15) is 5.69 Å². The maximum atomic E-state index is 13.6. The summed E-state index contributed by atoms with van der Waals surface area (Å²) < 4.78 is 27.3. The Balaban J connectivity index is 2.79. The number of rotatable bonds is 5. The minimum Gasteiger partial charge on any atom is -0.481 e. The number of carboxylic acid groups (broad SMARTS) is 1. The van der Waals surface area contributed by atoms with Crippen LogP contribution >= 0.6 is 15.9 Å². The largest absolute Gasteiger partial charge is 0.481 e. The van der Waals surface area contributed by atoms with Crippen molar-refractivity contribution in [2.45, 2.75) is 26.3 Å². The topological polar surface area (TPSA) is 78.4 Å². The van der Waals surface area contributed by atoms with Gasteiger partial charge in [0.25, 0.3) is 0 Å². The van der Waals surface area contributed by atoms with E-state index in [1.165, 1.54) is 0 Å². The zero-order chi connectivity index (χ0) is 16.2. The van der Waals surface area contributed by atoms with Gasteiger partial charge in [-0.25, -0.2) is 13.6 Å². The summed E-state index contributed by atoms with van der Waals surface area (Å²) in [4.78, 5) is 22.4. The predicted octanol–water partition coefficient (Wildman–Crippen LogP) is 3.35. The molecular formula is C13H15BrF2N2O3. The third-order valence-electron chi connectivity index (χ3n) is 2.76. The summed E-state index contributed by atoms with van der Waals surface area (Å²) in [5.41, 5.74) is -0.589. The van der Waals surface area contributed by atoms with Crippen LogP contribution in [0, 0.1) is 17.6 Å². The number of hydrogen-bond acceptors (Lipinski definition) is 2. The van der Waals surface area contributed by atoms with Gasteiger partial charge >= 0.3 is 12.0 Å². The standard InChI is InChI=1S/C13H15BrF2N2O3/c1-6(2)10(5-11(19)20)17-13(21)18-12-8(15)3-7(14)4-9(12)16/h3-4,6,10H,5H2,1-2H3,(H,19,20)(H2,17,18,21). The molecule has 0 saturated heterocycles. The molecular weight excluding hydrogens is 350 g/mol. The average Bonchev–Trinajstić information content (AvgIpc) is 2.32. The molecule has 0 fully saturated rings. The van der Waals surface area contributed by atoms with Crippen LogP contribution in [0.1, 0.15) is 20.3 Å². The van der Waals surface area contributed by atoms with E-state index in [2.05, 4.69) is 26.6 Å². The van der Waals surface area contributed by atoms with Crippen LogP contribution in [0.15, 0.2) is 16.6 Å². The Morgan fingerprint density at radius 3 is 2.24 bits per heavy atom. The summed E-state index contributed by atoms with van der Waals surface area (Å²) in [6.07, 6.45) is -0.281. The molecule has 0 aliphatic rings. The monoisotopic (exact) mass is 364 g/mol. The number of anilines is 1. The van der Waals surface area contributed by atoms with E-state index in [9.17, 15) is 18.4 Å². The molecule has 116 valence electrons. The second kappa shape index (κ2) is 7.35. The number of carbonyl (C=O) groups is 2. The normalized spacial score (nSPS) is 12.1. The van der Waals surface area contributed by atoms with Crippen molar-refractivity contribution in [2.75, 3.05) is 5.32 Å². The lowest BCUT2D eigenvalue weighted by molar-refractivity contribution is -0.137. The highest BCUT2D eigenvalue weighted by molar-refractivity contribution is 9.10. The van der Waals surface area contributed by atoms with Crippen LogP contribution in [0.4, 0.5) is 19.3 Å². The van der Waals surface area contributed by atoms with E-state index < -0.39 is 35.4 Å². The summed E-state index contributed by atoms with van der Waals surface area (Å²) in [7, 11) is 0. The van der Waals surface area contributed by atoms with Gasteiger partial charge in [-0.2, -0.15) is 0 Å². The van der Waals surface area contributed by atoms with E-state index in [0.29, 0.717) is 0 Å². The summed E-state index contributed by atoms with van der Waals surface area (Å²) >= 11 is 2.93. The summed E-state index contributed by atoms with van der Waals surface area (Å²) in [6, 6.07) is 0.505. The molecule has 1 unspecified atom stereocenters. The van der Waals surface area contributed by atoms with E-state index in [1.54, 1.807) is 13.8 Å². The van der Waals surface area contributed by atoms with E-state index >= 15 is 0 Å². The first-order valence-electron chi connectivity index (χ1n) is 6.14. The van der Waals surface area contributed by atoms with Gasteiger partial charge in [-0.3, -0.25) is 4.79 Å². The van der Waals surface area contributed by atoms with Crippen LogP contribution in [-0.2, 0) is 4.79 Å². The van der Waals surface area contributed by atoms with Gasteiger partial charge in [0.2, 0.25) is 0 Å². The molecule has 2 amide bonds. The number of urea groups is 1. The van der Waals surface area contributed by atoms with Crippen LogP contribution in [0.25, 0.3) is 0 Å². The van der Waals surface area contributed by atoms with Crippen LogP contribution in [0.3, 0.4) is 0 Å². The number of hydrogen-bond donors (Lipinski definition) is 3. The minimum absolute atomic E-state index is 0.147. The number of benzene rings is 1. The van der Waals surface area contributed by atoms with Gasteiger partial charge < -0.3 is 15.7 Å². The lowest BCUT2D eigenvalue weighted by atomic mass is 10.0. The third kappa shape index (κ3) is 5.30. The van der Waals surface area contributed by atoms with Crippen LogP contribution in [0.2, 0.25) is 0 Å². The maximum Gasteiger partial charge on any atom is 0.319 e. The fourth-order valence-corrected chi connectivity index (χ4v) is 2.02. The zero-order valence-electron chi connectivity index (χ0n) is 11.4. The van der Waals surface area contributed by atoms with Crippen molar-refractivity contribution in [1.82, 2.24) is 5.32 Å². The lowest BCUT2D eigenvalue weighted by Crippen LogP contribution is -2.42. The molecule has 0 aromatic heterocycles. The number of carbonyl (C=O) groups excluding carboxylic acids is 1. The Bertz CT molecular complexity index is 529. The fraction of sp³-hybridized carbons (Fsp3) is 0.385. The highest BCUT2D eigenvalue weighted by Gasteiger charge is 2.21. The molecule has 1 rings (SSSR count). The van der Waals surface area contributed by atoms with Gasteiger partial charge in [-0.05, 0) is 18.1 Å². The number of nitrogens with one attached hydrogen (secondary N) is 2. The summed E-state index contributed by atoms with van der Waals surface area (Å²) in [6.45, 7) is 3.46. The van der Waals surface area contributed by atoms with Crippen LogP contribution in [0.5, 0.6) is 0 Å². The smallest absolute Gasteiger partial charge is 0.319 e. The van der Waals surface area contributed by atoms with Crippen molar-refractivity contribution >= 4 is 33.6 Å². The molecule has 21 heavy (non-hydrogen) atoms.